The highest BCUT2D eigenvalue weighted by atomic mass is 16.5. The second-order valence-electron chi connectivity index (χ2n) is 7.98. The van der Waals surface area contributed by atoms with Gasteiger partial charge in [-0.2, -0.15) is 0 Å². The van der Waals surface area contributed by atoms with Crippen LogP contribution in [-0.4, -0.2) is 38.9 Å². The van der Waals surface area contributed by atoms with Gasteiger partial charge in [0.25, 0.3) is 0 Å². The predicted molar refractivity (Wildman–Crippen MR) is 113 cm³/mol. The second-order valence-corrected chi connectivity index (χ2v) is 7.98. The summed E-state index contributed by atoms with van der Waals surface area (Å²) in [5.74, 6) is 12.2. The van der Waals surface area contributed by atoms with E-state index in [1.54, 1.807) is 24.2 Å². The van der Waals surface area contributed by atoms with E-state index in [4.69, 9.17) is 14.2 Å². The van der Waals surface area contributed by atoms with E-state index in [0.29, 0.717) is 18.0 Å². The van der Waals surface area contributed by atoms with Gasteiger partial charge in [-0.1, -0.05) is 29.3 Å². The fourth-order valence-corrected chi connectivity index (χ4v) is 5.31. The average Bonchev–Trinajstić information content (AvgIpc) is 3.17. The second kappa shape index (κ2) is 7.25. The molecule has 2 aliphatic carbocycles. The van der Waals surface area contributed by atoms with Crippen molar-refractivity contribution < 1.29 is 23.8 Å². The highest BCUT2D eigenvalue weighted by Gasteiger charge is 2.55. The van der Waals surface area contributed by atoms with E-state index in [1.807, 2.05) is 25.1 Å². The highest BCUT2D eigenvalue weighted by Crippen LogP contribution is 2.56. The Morgan fingerprint density at radius 2 is 1.97 bits per heavy atom. The molecule has 4 aliphatic rings. The maximum atomic E-state index is 12.9. The zero-order valence-corrected chi connectivity index (χ0v) is 17.5. The van der Waals surface area contributed by atoms with E-state index < -0.39 is 12.1 Å². The third kappa shape index (κ3) is 2.75. The van der Waals surface area contributed by atoms with Crippen LogP contribution in [0.25, 0.3) is 0 Å². The molecule has 6 heteroatoms. The molecule has 156 valence electrons. The summed E-state index contributed by atoms with van der Waals surface area (Å²) in [5.41, 5.74) is 3.59. The van der Waals surface area contributed by atoms with E-state index in [2.05, 4.69) is 23.7 Å². The molecule has 5 atom stereocenters. The van der Waals surface area contributed by atoms with Gasteiger partial charge in [-0.05, 0) is 48.4 Å². The van der Waals surface area contributed by atoms with Crippen LogP contribution in [0.5, 0.6) is 5.75 Å². The van der Waals surface area contributed by atoms with Crippen molar-refractivity contribution in [1.29, 1.82) is 0 Å². The van der Waals surface area contributed by atoms with Crippen LogP contribution < -0.4 is 9.64 Å². The zero-order valence-electron chi connectivity index (χ0n) is 17.5. The number of hydrogen-bond donors (Lipinski definition) is 0. The molecule has 0 unspecified atom stereocenters. The molecule has 1 aromatic carbocycles. The standard InChI is InChI=1S/C25H21NO5/c1-14-18-13-31-24(27)23(18)16-8-6-4-5-7-9-20-21(14)22(16)17-12-15(29-2)10-11-19(17)26(20)25(28)30-3/h4-5,10-12,16,18,20,22-23H,13H2,1-3H3/b5-4-/t16-,18+,20-,22-,23+/m0/s1. The SMILES string of the molecule is COC(=O)N1c2ccc(OC)cc2[C@H]2C3=C(C)[C@H]4COC(=O)[C@@H]4[C@H]2C#C/C=C\C#C[C@@H]31. The van der Waals surface area contributed by atoms with Gasteiger partial charge in [-0.15, -0.1) is 0 Å². The minimum absolute atomic E-state index is 0.0857. The molecule has 1 fully saturated rings. The fourth-order valence-electron chi connectivity index (χ4n) is 5.31. The van der Waals surface area contributed by atoms with E-state index in [1.165, 1.54) is 7.11 Å². The van der Waals surface area contributed by atoms with Gasteiger partial charge in [-0.25, -0.2) is 4.79 Å². The molecule has 1 saturated heterocycles. The minimum Gasteiger partial charge on any atom is -0.497 e. The molecule has 0 aromatic heterocycles. The lowest BCUT2D eigenvalue weighted by Crippen LogP contribution is -2.50. The molecule has 1 aromatic rings. The van der Waals surface area contributed by atoms with Crippen LogP contribution in [0.4, 0.5) is 10.5 Å². The monoisotopic (exact) mass is 415 g/mol. The van der Waals surface area contributed by atoms with Crippen molar-refractivity contribution in [2.45, 2.75) is 18.9 Å². The summed E-state index contributed by atoms with van der Waals surface area (Å²) in [6.07, 6.45) is 2.86. The number of cyclic esters (lactones) is 1. The van der Waals surface area contributed by atoms with Crippen LogP contribution in [0.1, 0.15) is 18.4 Å². The number of carbonyl (C=O) groups is 2. The third-order valence-electron chi connectivity index (χ3n) is 6.68. The predicted octanol–water partition coefficient (Wildman–Crippen LogP) is 3.05. The van der Waals surface area contributed by atoms with Crippen molar-refractivity contribution in [2.24, 2.45) is 17.8 Å². The minimum atomic E-state index is -0.526. The number of nitrogens with zero attached hydrogens (tertiary/aromatic N) is 1. The number of allylic oxidation sites excluding steroid dienone is 2. The molecule has 0 saturated carbocycles. The van der Waals surface area contributed by atoms with Gasteiger partial charge in [0.1, 0.15) is 11.8 Å². The topological polar surface area (TPSA) is 65.1 Å². The molecule has 31 heavy (non-hydrogen) atoms. The summed E-state index contributed by atoms with van der Waals surface area (Å²) < 4.78 is 16.1. The van der Waals surface area contributed by atoms with Crippen molar-refractivity contribution in [3.8, 4) is 29.4 Å². The molecule has 6 nitrogen and oxygen atoms in total. The Morgan fingerprint density at radius 3 is 2.71 bits per heavy atom. The van der Waals surface area contributed by atoms with Gasteiger partial charge < -0.3 is 14.2 Å². The Balaban J connectivity index is 1.86. The van der Waals surface area contributed by atoms with Crippen LogP contribution in [0.2, 0.25) is 0 Å². The average molecular weight is 415 g/mol. The molecule has 2 heterocycles. The van der Waals surface area contributed by atoms with E-state index in [9.17, 15) is 9.59 Å². The van der Waals surface area contributed by atoms with Crippen LogP contribution in [-0.2, 0) is 14.3 Å². The summed E-state index contributed by atoms with van der Waals surface area (Å²) in [4.78, 5) is 27.3. The summed E-state index contributed by atoms with van der Waals surface area (Å²) in [5, 5.41) is 0. The van der Waals surface area contributed by atoms with E-state index >= 15 is 0 Å². The van der Waals surface area contributed by atoms with Crippen LogP contribution >= 0.6 is 0 Å². The lowest BCUT2D eigenvalue weighted by atomic mass is 9.60. The van der Waals surface area contributed by atoms with E-state index in [-0.39, 0.29) is 29.6 Å². The molecule has 0 radical (unpaired) electrons. The number of fused-ring (bicyclic) bond motifs is 3. The Hall–Kier alpha value is -3.64. The first-order valence-electron chi connectivity index (χ1n) is 10.2. The first-order valence-corrected chi connectivity index (χ1v) is 10.2. The fraction of sp³-hybridized carbons (Fsp3) is 0.360. The molecule has 1 amide bonds. The summed E-state index contributed by atoms with van der Waals surface area (Å²) in [6.45, 7) is 2.34. The van der Waals surface area contributed by atoms with E-state index in [0.717, 1.165) is 16.7 Å². The van der Waals surface area contributed by atoms with Gasteiger partial charge in [0.15, 0.2) is 0 Å². The number of hydrogen-bond acceptors (Lipinski definition) is 5. The summed E-state index contributed by atoms with van der Waals surface area (Å²) >= 11 is 0. The zero-order chi connectivity index (χ0) is 21.7. The summed E-state index contributed by atoms with van der Waals surface area (Å²) in [7, 11) is 2.96. The number of esters is 1. The van der Waals surface area contributed by atoms with Crippen LogP contribution in [0.3, 0.4) is 0 Å². The van der Waals surface area contributed by atoms with Gasteiger partial charge in [0.05, 0.1) is 32.4 Å². The lowest BCUT2D eigenvalue weighted by Gasteiger charge is -2.47. The quantitative estimate of drug-likeness (QED) is 0.401. The highest BCUT2D eigenvalue weighted by molar-refractivity contribution is 5.93. The van der Waals surface area contributed by atoms with Crippen LogP contribution in [0.15, 0.2) is 41.5 Å². The number of amides is 1. The van der Waals surface area contributed by atoms with Crippen molar-refractivity contribution in [2.75, 3.05) is 25.7 Å². The molecular formula is C25H21NO5. The van der Waals surface area contributed by atoms with Crippen molar-refractivity contribution in [3.63, 3.8) is 0 Å². The van der Waals surface area contributed by atoms with Crippen LogP contribution in [0, 0.1) is 41.4 Å². The van der Waals surface area contributed by atoms with Gasteiger partial charge in [0.2, 0.25) is 0 Å². The number of benzene rings is 1. The normalized spacial score (nSPS) is 30.5. The van der Waals surface area contributed by atoms with Gasteiger partial charge in [0, 0.05) is 17.8 Å². The number of anilines is 1. The Labute approximate surface area is 180 Å². The van der Waals surface area contributed by atoms with Crippen molar-refractivity contribution in [1.82, 2.24) is 0 Å². The Kier molecular flexibility index (Phi) is 4.52. The van der Waals surface area contributed by atoms with Crippen molar-refractivity contribution in [3.05, 3.63) is 47.1 Å². The number of ether oxygens (including phenoxy) is 3. The molecule has 4 bridgehead atoms. The molecular weight excluding hydrogens is 394 g/mol. The largest absolute Gasteiger partial charge is 0.497 e. The first kappa shape index (κ1) is 19.3. The molecule has 0 N–H and O–H groups in total. The van der Waals surface area contributed by atoms with Gasteiger partial charge >= 0.3 is 12.1 Å². The maximum absolute atomic E-state index is 12.9. The maximum Gasteiger partial charge on any atom is 0.415 e. The summed E-state index contributed by atoms with van der Waals surface area (Å²) in [6, 6.07) is 5.05. The Bertz CT molecular complexity index is 1170. The van der Waals surface area contributed by atoms with Crippen molar-refractivity contribution >= 4 is 17.7 Å². The molecule has 2 aliphatic heterocycles. The third-order valence-corrected chi connectivity index (χ3v) is 6.68. The number of rotatable bonds is 1. The van der Waals surface area contributed by atoms with Gasteiger partial charge in [-0.3, -0.25) is 9.69 Å². The Morgan fingerprint density at radius 1 is 1.19 bits per heavy atom. The first-order chi connectivity index (χ1) is 15.1. The molecule has 5 rings (SSSR count). The molecule has 0 spiro atoms. The number of carbonyl (C=O) groups excluding carboxylic acids is 2. The smallest absolute Gasteiger partial charge is 0.415 e. The lowest BCUT2D eigenvalue weighted by molar-refractivity contribution is -0.142. The number of methoxy groups -OCH3 is 2.